The first-order valence-electron chi connectivity index (χ1n) is 10.0. The zero-order valence-electron chi connectivity index (χ0n) is 17.3. The zero-order valence-corrected chi connectivity index (χ0v) is 17.3. The van der Waals surface area contributed by atoms with E-state index in [1.54, 1.807) is 47.3 Å². The van der Waals surface area contributed by atoms with Crippen molar-refractivity contribution in [1.82, 2.24) is 9.78 Å². The number of aromatic nitrogens is 2. The van der Waals surface area contributed by atoms with Crippen molar-refractivity contribution in [2.45, 2.75) is 13.2 Å². The fourth-order valence-electron chi connectivity index (χ4n) is 3.15. The van der Waals surface area contributed by atoms with Crippen LogP contribution in [-0.2, 0) is 13.2 Å². The highest BCUT2D eigenvalue weighted by atomic mass is 19.1. The summed E-state index contributed by atoms with van der Waals surface area (Å²) < 4.78 is 21.0. The van der Waals surface area contributed by atoms with Gasteiger partial charge in [-0.15, -0.1) is 0 Å². The van der Waals surface area contributed by atoms with Crippen LogP contribution in [0.15, 0.2) is 85.2 Å². The van der Waals surface area contributed by atoms with Gasteiger partial charge in [0.15, 0.2) is 0 Å². The lowest BCUT2D eigenvalue weighted by Gasteiger charge is -2.08. The highest BCUT2D eigenvalue weighted by Crippen LogP contribution is 2.19. The highest BCUT2D eigenvalue weighted by Gasteiger charge is 2.10. The van der Waals surface area contributed by atoms with Gasteiger partial charge in [-0.1, -0.05) is 30.3 Å². The van der Waals surface area contributed by atoms with E-state index >= 15 is 0 Å². The predicted molar refractivity (Wildman–Crippen MR) is 120 cm³/mol. The fraction of sp³-hybridized carbons (Fsp3) is 0.0833. The normalized spacial score (nSPS) is 10.6. The Morgan fingerprint density at radius 1 is 1.09 bits per heavy atom. The lowest BCUT2D eigenvalue weighted by molar-refractivity contribution is -0.384. The molecule has 0 saturated heterocycles. The monoisotopic (exact) mass is 446 g/mol. The van der Waals surface area contributed by atoms with Crippen molar-refractivity contribution in [3.05, 3.63) is 118 Å². The summed E-state index contributed by atoms with van der Waals surface area (Å²) >= 11 is 0. The number of nitro benzene ring substituents is 1. The summed E-state index contributed by atoms with van der Waals surface area (Å²) in [5, 5.41) is 17.7. The van der Waals surface area contributed by atoms with Gasteiger partial charge in [-0.05, 0) is 35.9 Å². The molecular formula is C24H19FN4O4. The summed E-state index contributed by atoms with van der Waals surface area (Å²) in [6.07, 6.45) is 3.13. The number of amides is 1. The topological polar surface area (TPSA) is 99.3 Å². The molecule has 4 rings (SSSR count). The van der Waals surface area contributed by atoms with E-state index < -0.39 is 4.92 Å². The molecule has 0 bridgehead atoms. The summed E-state index contributed by atoms with van der Waals surface area (Å²) in [5.41, 5.74) is 2.17. The molecule has 4 aromatic rings. The number of nitro groups is 1. The Balaban J connectivity index is 1.36. The Kier molecular flexibility index (Phi) is 6.40. The minimum absolute atomic E-state index is 0.0155. The van der Waals surface area contributed by atoms with E-state index in [1.165, 1.54) is 36.5 Å². The van der Waals surface area contributed by atoms with Gasteiger partial charge in [-0.3, -0.25) is 19.6 Å². The summed E-state index contributed by atoms with van der Waals surface area (Å²) in [4.78, 5) is 22.9. The van der Waals surface area contributed by atoms with Crippen molar-refractivity contribution in [3.8, 4) is 5.75 Å². The van der Waals surface area contributed by atoms with Gasteiger partial charge in [-0.25, -0.2) is 4.39 Å². The van der Waals surface area contributed by atoms with E-state index in [0.717, 1.165) is 5.56 Å². The third-order valence-electron chi connectivity index (χ3n) is 4.82. The summed E-state index contributed by atoms with van der Waals surface area (Å²) in [7, 11) is 0. The molecule has 0 fully saturated rings. The first-order valence-corrected chi connectivity index (χ1v) is 10.0. The van der Waals surface area contributed by atoms with Crippen LogP contribution >= 0.6 is 0 Å². The number of carbonyl (C=O) groups is 1. The van der Waals surface area contributed by atoms with Gasteiger partial charge in [0.1, 0.15) is 18.2 Å². The number of benzene rings is 3. The number of hydrogen-bond donors (Lipinski definition) is 1. The third-order valence-corrected chi connectivity index (χ3v) is 4.82. The number of anilines is 1. The van der Waals surface area contributed by atoms with E-state index in [1.807, 2.05) is 6.07 Å². The number of hydrogen-bond acceptors (Lipinski definition) is 5. The molecule has 166 valence electrons. The maximum absolute atomic E-state index is 13.8. The van der Waals surface area contributed by atoms with Crippen molar-refractivity contribution in [1.29, 1.82) is 0 Å². The Morgan fingerprint density at radius 2 is 1.88 bits per heavy atom. The lowest BCUT2D eigenvalue weighted by atomic mass is 10.1. The second-order valence-electron chi connectivity index (χ2n) is 7.21. The van der Waals surface area contributed by atoms with Crippen LogP contribution in [0.3, 0.4) is 0 Å². The second kappa shape index (κ2) is 9.73. The molecule has 0 radical (unpaired) electrons. The number of carbonyl (C=O) groups excluding carboxylic acids is 1. The van der Waals surface area contributed by atoms with Crippen molar-refractivity contribution < 1.29 is 18.8 Å². The molecule has 0 atom stereocenters. The van der Waals surface area contributed by atoms with Gasteiger partial charge in [0.05, 0.1) is 23.4 Å². The fourth-order valence-corrected chi connectivity index (χ4v) is 3.15. The molecule has 3 aromatic carbocycles. The van der Waals surface area contributed by atoms with Gasteiger partial charge in [-0.2, -0.15) is 5.10 Å². The summed E-state index contributed by atoms with van der Waals surface area (Å²) in [6, 6.07) is 19.2. The molecule has 1 N–H and O–H groups in total. The Morgan fingerprint density at radius 3 is 2.64 bits per heavy atom. The Hall–Kier alpha value is -4.53. The van der Waals surface area contributed by atoms with Crippen molar-refractivity contribution >= 4 is 17.3 Å². The highest BCUT2D eigenvalue weighted by molar-refractivity contribution is 6.04. The molecule has 9 heteroatoms. The average molecular weight is 446 g/mol. The maximum atomic E-state index is 13.8. The average Bonchev–Trinajstić information content (AvgIpc) is 3.26. The second-order valence-corrected chi connectivity index (χ2v) is 7.21. The molecule has 1 heterocycles. The van der Waals surface area contributed by atoms with Gasteiger partial charge in [0.2, 0.25) is 0 Å². The Labute approximate surface area is 188 Å². The van der Waals surface area contributed by atoms with Crippen LogP contribution in [0.4, 0.5) is 15.8 Å². The van der Waals surface area contributed by atoms with E-state index in [9.17, 15) is 19.3 Å². The SMILES string of the molecule is O=C(Nc1cnn(Cc2ccccc2F)c1)c1cccc(COc2ccc([N+](=O)[O-])cc2)c1. The van der Waals surface area contributed by atoms with Crippen LogP contribution in [0.2, 0.25) is 0 Å². The summed E-state index contributed by atoms with van der Waals surface area (Å²) in [6.45, 7) is 0.442. The molecule has 1 aromatic heterocycles. The molecule has 8 nitrogen and oxygen atoms in total. The van der Waals surface area contributed by atoms with E-state index in [-0.39, 0.29) is 30.6 Å². The largest absolute Gasteiger partial charge is 0.489 e. The quantitative estimate of drug-likeness (QED) is 0.309. The van der Waals surface area contributed by atoms with Gasteiger partial charge in [0.25, 0.3) is 11.6 Å². The number of rotatable bonds is 8. The molecule has 0 aliphatic carbocycles. The van der Waals surface area contributed by atoms with Gasteiger partial charge >= 0.3 is 0 Å². The smallest absolute Gasteiger partial charge is 0.269 e. The standard InChI is InChI=1S/C24H19FN4O4/c25-23-7-2-1-5-19(23)14-28-15-20(13-26-28)27-24(30)18-6-3-4-17(12-18)16-33-22-10-8-21(9-11-22)29(31)32/h1-13,15H,14,16H2,(H,27,30). The van der Waals surface area contributed by atoms with Crippen LogP contribution < -0.4 is 10.1 Å². The van der Waals surface area contributed by atoms with Gasteiger partial charge < -0.3 is 10.1 Å². The molecule has 33 heavy (non-hydrogen) atoms. The van der Waals surface area contributed by atoms with Crippen LogP contribution in [0, 0.1) is 15.9 Å². The van der Waals surface area contributed by atoms with Crippen LogP contribution in [-0.4, -0.2) is 20.6 Å². The van der Waals surface area contributed by atoms with Gasteiger partial charge in [0, 0.05) is 29.5 Å². The number of nitrogens with zero attached hydrogens (tertiary/aromatic N) is 3. The van der Waals surface area contributed by atoms with Crippen molar-refractivity contribution in [3.63, 3.8) is 0 Å². The number of non-ortho nitro benzene ring substituents is 1. The zero-order chi connectivity index (χ0) is 23.2. The van der Waals surface area contributed by atoms with E-state index in [2.05, 4.69) is 10.4 Å². The minimum atomic E-state index is -0.477. The van der Waals surface area contributed by atoms with Crippen LogP contribution in [0.25, 0.3) is 0 Å². The predicted octanol–water partition coefficient (Wildman–Crippen LogP) is 4.81. The van der Waals surface area contributed by atoms with Crippen molar-refractivity contribution in [2.24, 2.45) is 0 Å². The van der Waals surface area contributed by atoms with E-state index in [0.29, 0.717) is 22.6 Å². The molecule has 0 aliphatic rings. The Bertz CT molecular complexity index is 1290. The maximum Gasteiger partial charge on any atom is 0.269 e. The minimum Gasteiger partial charge on any atom is -0.489 e. The first-order chi connectivity index (χ1) is 16.0. The molecule has 0 saturated carbocycles. The molecule has 0 aliphatic heterocycles. The third kappa shape index (κ3) is 5.59. The molecule has 0 unspecified atom stereocenters. The van der Waals surface area contributed by atoms with Crippen molar-refractivity contribution in [2.75, 3.05) is 5.32 Å². The molecule has 1 amide bonds. The first kappa shape index (κ1) is 21.7. The lowest BCUT2D eigenvalue weighted by Crippen LogP contribution is -2.12. The number of nitrogens with one attached hydrogen (secondary N) is 1. The molecular weight excluding hydrogens is 427 g/mol. The number of halogens is 1. The van der Waals surface area contributed by atoms with E-state index in [4.69, 9.17) is 4.74 Å². The van der Waals surface area contributed by atoms with Crippen LogP contribution in [0.5, 0.6) is 5.75 Å². The van der Waals surface area contributed by atoms with Crippen LogP contribution in [0.1, 0.15) is 21.5 Å². The number of ether oxygens (including phenoxy) is 1. The summed E-state index contributed by atoms with van der Waals surface area (Å²) in [5.74, 6) is -0.151. The molecule has 0 spiro atoms.